The molecule has 2 aromatic rings. The summed E-state index contributed by atoms with van der Waals surface area (Å²) in [6.07, 6.45) is 3.11. The summed E-state index contributed by atoms with van der Waals surface area (Å²) >= 11 is 0. The Bertz CT molecular complexity index is 890. The normalized spacial score (nSPS) is 20.7. The molecule has 29 heavy (non-hydrogen) atoms. The summed E-state index contributed by atoms with van der Waals surface area (Å²) in [5.41, 5.74) is 2.51. The number of nitrogens with one attached hydrogen (secondary N) is 1. The Morgan fingerprint density at radius 3 is 2.55 bits per heavy atom. The Kier molecular flexibility index (Phi) is 6.64. The molecule has 0 bridgehead atoms. The largest absolute Gasteiger partial charge is 0.372 e. The number of rotatable bonds is 5. The molecule has 1 fully saturated rings. The van der Waals surface area contributed by atoms with E-state index in [2.05, 4.69) is 36.2 Å². The number of morpholine rings is 1. The van der Waals surface area contributed by atoms with Crippen molar-refractivity contribution < 1.29 is 18.3 Å². The van der Waals surface area contributed by atoms with Crippen LogP contribution in [0.3, 0.4) is 0 Å². The van der Waals surface area contributed by atoms with Gasteiger partial charge in [-0.25, -0.2) is 8.78 Å². The quantitative estimate of drug-likeness (QED) is 0.753. The number of hydrogen-bond donors (Lipinski definition) is 1. The third-order valence-electron chi connectivity index (χ3n) is 4.88. The van der Waals surface area contributed by atoms with Crippen molar-refractivity contribution in [3.05, 3.63) is 71.3 Å². The summed E-state index contributed by atoms with van der Waals surface area (Å²) < 4.78 is 32.0. The van der Waals surface area contributed by atoms with Crippen LogP contribution in [0.5, 0.6) is 0 Å². The molecule has 1 heterocycles. The first-order valence-electron chi connectivity index (χ1n) is 9.76. The van der Waals surface area contributed by atoms with Crippen LogP contribution in [0.1, 0.15) is 37.9 Å². The lowest BCUT2D eigenvalue weighted by Gasteiger charge is -2.37. The minimum absolute atomic E-state index is 0.168. The summed E-state index contributed by atoms with van der Waals surface area (Å²) in [6.45, 7) is 7.69. The van der Waals surface area contributed by atoms with Gasteiger partial charge >= 0.3 is 0 Å². The molecule has 6 heteroatoms. The molecule has 0 aliphatic carbocycles. The molecule has 1 N–H and O–H groups in total. The van der Waals surface area contributed by atoms with Crippen LogP contribution in [0, 0.1) is 11.6 Å². The maximum atomic E-state index is 13.3. The SMILES string of the molecule is CC(NC(=O)C=Cc1ccc(F)c(F)c1)c1cccc(N2C[C@@H](C)O[C@@H](C)C2)c1. The van der Waals surface area contributed by atoms with E-state index in [4.69, 9.17) is 4.74 Å². The Morgan fingerprint density at radius 2 is 1.86 bits per heavy atom. The van der Waals surface area contributed by atoms with Gasteiger partial charge in [-0.3, -0.25) is 4.79 Å². The fourth-order valence-corrected chi connectivity index (χ4v) is 3.51. The van der Waals surface area contributed by atoms with Crippen molar-refractivity contribution in [3.8, 4) is 0 Å². The fourth-order valence-electron chi connectivity index (χ4n) is 3.51. The van der Waals surface area contributed by atoms with Crippen LogP contribution in [-0.2, 0) is 9.53 Å². The monoisotopic (exact) mass is 400 g/mol. The van der Waals surface area contributed by atoms with E-state index in [1.165, 1.54) is 18.2 Å². The lowest BCUT2D eigenvalue weighted by molar-refractivity contribution is -0.117. The van der Waals surface area contributed by atoms with E-state index in [1.807, 2.05) is 19.1 Å². The van der Waals surface area contributed by atoms with Gasteiger partial charge in [-0.2, -0.15) is 0 Å². The molecule has 1 amide bonds. The molecular formula is C23H26F2N2O2. The number of nitrogens with zero attached hydrogens (tertiary/aromatic N) is 1. The summed E-state index contributed by atoms with van der Waals surface area (Å²) in [5, 5.41) is 2.90. The highest BCUT2D eigenvalue weighted by Gasteiger charge is 2.22. The third-order valence-corrected chi connectivity index (χ3v) is 4.88. The van der Waals surface area contributed by atoms with Crippen molar-refractivity contribution in [2.75, 3.05) is 18.0 Å². The van der Waals surface area contributed by atoms with Gasteiger partial charge in [-0.1, -0.05) is 18.2 Å². The zero-order chi connectivity index (χ0) is 21.0. The van der Waals surface area contributed by atoms with Crippen LogP contribution in [0.4, 0.5) is 14.5 Å². The number of ether oxygens (including phenoxy) is 1. The van der Waals surface area contributed by atoms with Crippen molar-refractivity contribution >= 4 is 17.7 Å². The number of carbonyl (C=O) groups is 1. The first-order valence-corrected chi connectivity index (χ1v) is 9.76. The molecule has 3 atom stereocenters. The predicted molar refractivity (Wildman–Crippen MR) is 111 cm³/mol. The second-order valence-electron chi connectivity index (χ2n) is 7.49. The van der Waals surface area contributed by atoms with Crippen LogP contribution in [0.15, 0.2) is 48.5 Å². The van der Waals surface area contributed by atoms with Gasteiger partial charge in [-0.05, 0) is 62.2 Å². The summed E-state index contributed by atoms with van der Waals surface area (Å²) in [6, 6.07) is 11.4. The second-order valence-corrected chi connectivity index (χ2v) is 7.49. The van der Waals surface area contributed by atoms with Crippen molar-refractivity contribution in [1.82, 2.24) is 5.32 Å². The van der Waals surface area contributed by atoms with Crippen molar-refractivity contribution in [1.29, 1.82) is 0 Å². The Labute approximate surface area is 170 Å². The summed E-state index contributed by atoms with van der Waals surface area (Å²) in [4.78, 5) is 14.5. The van der Waals surface area contributed by atoms with E-state index in [0.717, 1.165) is 36.5 Å². The molecule has 1 aliphatic heterocycles. The fraction of sp³-hybridized carbons (Fsp3) is 0.348. The van der Waals surface area contributed by atoms with Crippen LogP contribution < -0.4 is 10.2 Å². The first kappa shape index (κ1) is 21.0. The minimum atomic E-state index is -0.940. The summed E-state index contributed by atoms with van der Waals surface area (Å²) in [7, 11) is 0. The van der Waals surface area contributed by atoms with Crippen LogP contribution >= 0.6 is 0 Å². The standard InChI is InChI=1S/C23H26F2N2O2/c1-15-13-27(14-16(2)29-15)20-6-4-5-19(12-20)17(3)26-23(28)10-8-18-7-9-21(24)22(25)11-18/h4-12,15-17H,13-14H2,1-3H3,(H,26,28)/t15-,16+,17?. The van der Waals surface area contributed by atoms with Crippen LogP contribution in [0.2, 0.25) is 0 Å². The number of hydrogen-bond acceptors (Lipinski definition) is 3. The Hall–Kier alpha value is -2.73. The smallest absolute Gasteiger partial charge is 0.244 e. The molecule has 0 aromatic heterocycles. The van der Waals surface area contributed by atoms with E-state index in [0.29, 0.717) is 5.56 Å². The van der Waals surface area contributed by atoms with E-state index in [9.17, 15) is 13.6 Å². The van der Waals surface area contributed by atoms with Crippen molar-refractivity contribution in [2.45, 2.75) is 39.0 Å². The minimum Gasteiger partial charge on any atom is -0.372 e. The second kappa shape index (κ2) is 9.18. The average Bonchev–Trinajstić information content (AvgIpc) is 2.68. The van der Waals surface area contributed by atoms with Gasteiger partial charge in [0.25, 0.3) is 0 Å². The molecule has 1 unspecified atom stereocenters. The molecule has 4 nitrogen and oxygen atoms in total. The first-order chi connectivity index (χ1) is 13.8. The number of benzene rings is 2. The molecule has 3 rings (SSSR count). The molecule has 0 spiro atoms. The molecule has 0 radical (unpaired) electrons. The molecule has 1 saturated heterocycles. The van der Waals surface area contributed by atoms with Crippen LogP contribution in [-0.4, -0.2) is 31.2 Å². The van der Waals surface area contributed by atoms with Gasteiger partial charge < -0.3 is 15.0 Å². The van der Waals surface area contributed by atoms with Gasteiger partial charge in [0, 0.05) is 24.9 Å². The van der Waals surface area contributed by atoms with E-state index >= 15 is 0 Å². The van der Waals surface area contributed by atoms with Crippen LogP contribution in [0.25, 0.3) is 6.08 Å². The number of amides is 1. The molecule has 2 aromatic carbocycles. The van der Waals surface area contributed by atoms with E-state index < -0.39 is 11.6 Å². The highest BCUT2D eigenvalue weighted by Crippen LogP contribution is 2.24. The van der Waals surface area contributed by atoms with Crippen molar-refractivity contribution in [2.24, 2.45) is 0 Å². The Balaban J connectivity index is 1.64. The van der Waals surface area contributed by atoms with Gasteiger partial charge in [0.05, 0.1) is 18.2 Å². The molecule has 1 aliphatic rings. The number of carbonyl (C=O) groups excluding carboxylic acids is 1. The topological polar surface area (TPSA) is 41.6 Å². The molecule has 154 valence electrons. The number of halogens is 2. The third kappa shape index (κ3) is 5.64. The zero-order valence-electron chi connectivity index (χ0n) is 16.9. The predicted octanol–water partition coefficient (Wildman–Crippen LogP) is 4.47. The van der Waals surface area contributed by atoms with E-state index in [-0.39, 0.29) is 24.2 Å². The molecule has 0 saturated carbocycles. The molecular weight excluding hydrogens is 374 g/mol. The van der Waals surface area contributed by atoms with Gasteiger partial charge in [0.1, 0.15) is 0 Å². The maximum Gasteiger partial charge on any atom is 0.244 e. The lowest BCUT2D eigenvalue weighted by Crippen LogP contribution is -2.45. The van der Waals surface area contributed by atoms with E-state index in [1.54, 1.807) is 0 Å². The average molecular weight is 400 g/mol. The summed E-state index contributed by atoms with van der Waals surface area (Å²) in [5.74, 6) is -2.16. The highest BCUT2D eigenvalue weighted by molar-refractivity contribution is 5.92. The van der Waals surface area contributed by atoms with Gasteiger partial charge in [-0.15, -0.1) is 0 Å². The van der Waals surface area contributed by atoms with Gasteiger partial charge in [0.2, 0.25) is 5.91 Å². The number of anilines is 1. The zero-order valence-corrected chi connectivity index (χ0v) is 16.9. The van der Waals surface area contributed by atoms with Gasteiger partial charge in [0.15, 0.2) is 11.6 Å². The Morgan fingerprint density at radius 1 is 1.14 bits per heavy atom. The maximum absolute atomic E-state index is 13.3. The van der Waals surface area contributed by atoms with Crippen molar-refractivity contribution in [3.63, 3.8) is 0 Å². The highest BCUT2D eigenvalue weighted by atomic mass is 19.2. The lowest BCUT2D eigenvalue weighted by atomic mass is 10.1.